The predicted octanol–water partition coefficient (Wildman–Crippen LogP) is 4.11. The molecule has 0 radical (unpaired) electrons. The first-order valence-corrected chi connectivity index (χ1v) is 12.9. The molecule has 1 aliphatic rings. The van der Waals surface area contributed by atoms with Gasteiger partial charge in [0.25, 0.3) is 0 Å². The summed E-state index contributed by atoms with van der Waals surface area (Å²) >= 11 is 3.36. The second-order valence-electron chi connectivity index (χ2n) is 7.80. The van der Waals surface area contributed by atoms with Gasteiger partial charge in [-0.15, -0.1) is 0 Å². The normalized spacial score (nSPS) is 15.3. The molecule has 0 unspecified atom stereocenters. The maximum Gasteiger partial charge on any atom is 0.338 e. The minimum atomic E-state index is -3.46. The molecule has 0 aliphatic carbocycles. The van der Waals surface area contributed by atoms with E-state index in [4.69, 9.17) is 4.74 Å². The van der Waals surface area contributed by atoms with E-state index >= 15 is 0 Å². The molecule has 2 aromatic rings. The van der Waals surface area contributed by atoms with Gasteiger partial charge in [0, 0.05) is 29.2 Å². The smallest absolute Gasteiger partial charge is 0.338 e. The van der Waals surface area contributed by atoms with Gasteiger partial charge in [-0.25, -0.2) is 17.5 Å². The molecule has 1 heterocycles. The zero-order valence-electron chi connectivity index (χ0n) is 18.1. The Morgan fingerprint density at radius 2 is 1.88 bits per heavy atom. The van der Waals surface area contributed by atoms with E-state index in [1.54, 1.807) is 37.3 Å². The number of ether oxygens (including phenoxy) is 1. The van der Waals surface area contributed by atoms with Crippen LogP contribution in [0.1, 0.15) is 41.3 Å². The molecule has 1 saturated heterocycles. The number of benzene rings is 2. The molecule has 1 N–H and O–H groups in total. The van der Waals surface area contributed by atoms with E-state index in [2.05, 4.69) is 21.2 Å². The van der Waals surface area contributed by atoms with Gasteiger partial charge in [-0.2, -0.15) is 0 Å². The molecule has 1 fully saturated rings. The maximum absolute atomic E-state index is 12.8. The van der Waals surface area contributed by atoms with Crippen LogP contribution in [0.3, 0.4) is 0 Å². The highest BCUT2D eigenvalue weighted by Crippen LogP contribution is 2.25. The molecule has 3 rings (SSSR count). The number of carbonyl (C=O) groups excluding carboxylic acids is 2. The van der Waals surface area contributed by atoms with Crippen molar-refractivity contribution in [2.24, 2.45) is 5.92 Å². The molecule has 0 aromatic heterocycles. The number of amides is 1. The van der Waals surface area contributed by atoms with Crippen LogP contribution >= 0.6 is 15.9 Å². The molecule has 32 heavy (non-hydrogen) atoms. The predicted molar refractivity (Wildman–Crippen MR) is 127 cm³/mol. The van der Waals surface area contributed by atoms with Gasteiger partial charge in [0.05, 0.1) is 17.9 Å². The number of nitrogens with one attached hydrogen (secondary N) is 1. The Kier molecular flexibility index (Phi) is 8.08. The molecule has 0 bridgehead atoms. The second-order valence-corrected chi connectivity index (χ2v) is 10.7. The Labute approximate surface area is 197 Å². The molecule has 1 amide bonds. The van der Waals surface area contributed by atoms with E-state index < -0.39 is 16.0 Å². The van der Waals surface area contributed by atoms with Crippen LogP contribution in [-0.2, 0) is 25.3 Å². The quantitative estimate of drug-likeness (QED) is 0.552. The van der Waals surface area contributed by atoms with Crippen LogP contribution in [0.2, 0.25) is 0 Å². The highest BCUT2D eigenvalue weighted by Gasteiger charge is 2.31. The molecule has 0 spiro atoms. The highest BCUT2D eigenvalue weighted by molar-refractivity contribution is 9.10. The molecule has 9 heteroatoms. The van der Waals surface area contributed by atoms with Crippen molar-refractivity contribution in [3.8, 4) is 0 Å². The standard InChI is InChI=1S/C23H27BrN2O5S/c1-3-31-23(28)19-8-7-16(2)21(14-19)25-22(27)18-9-11-26(12-10-18)32(29,30)15-17-5-4-6-20(24)13-17/h4-8,13-14,18H,3,9-12,15H2,1-2H3,(H,25,27). The van der Waals surface area contributed by atoms with E-state index in [9.17, 15) is 18.0 Å². The summed E-state index contributed by atoms with van der Waals surface area (Å²) in [5.74, 6) is -0.966. The minimum absolute atomic E-state index is 0.0663. The van der Waals surface area contributed by atoms with Gasteiger partial charge >= 0.3 is 5.97 Å². The molecule has 1 aliphatic heterocycles. The molecule has 0 atom stereocenters. The van der Waals surface area contributed by atoms with Crippen LogP contribution in [0, 0.1) is 12.8 Å². The maximum atomic E-state index is 12.8. The lowest BCUT2D eigenvalue weighted by Crippen LogP contribution is -2.41. The first-order valence-electron chi connectivity index (χ1n) is 10.5. The number of anilines is 1. The van der Waals surface area contributed by atoms with Crippen LogP contribution < -0.4 is 5.32 Å². The number of rotatable bonds is 7. The molecular weight excluding hydrogens is 496 g/mol. The van der Waals surface area contributed by atoms with Gasteiger partial charge in [0.15, 0.2) is 0 Å². The average molecular weight is 523 g/mol. The Balaban J connectivity index is 1.60. The second kappa shape index (κ2) is 10.6. The van der Waals surface area contributed by atoms with Crippen molar-refractivity contribution in [2.75, 3.05) is 25.0 Å². The van der Waals surface area contributed by atoms with E-state index in [1.165, 1.54) is 4.31 Å². The SMILES string of the molecule is CCOC(=O)c1ccc(C)c(NC(=O)C2CCN(S(=O)(=O)Cc3cccc(Br)c3)CC2)c1. The Morgan fingerprint density at radius 1 is 1.16 bits per heavy atom. The third-order valence-corrected chi connectivity index (χ3v) is 7.81. The fourth-order valence-electron chi connectivity index (χ4n) is 3.66. The van der Waals surface area contributed by atoms with Crippen molar-refractivity contribution >= 4 is 43.5 Å². The van der Waals surface area contributed by atoms with E-state index in [-0.39, 0.29) is 24.2 Å². The fourth-order valence-corrected chi connectivity index (χ4v) is 5.65. The number of halogens is 1. The Hall–Kier alpha value is -2.23. The first-order chi connectivity index (χ1) is 15.2. The summed E-state index contributed by atoms with van der Waals surface area (Å²) in [7, 11) is -3.46. The first kappa shape index (κ1) is 24.4. The fraction of sp³-hybridized carbons (Fsp3) is 0.391. The van der Waals surface area contributed by atoms with Crippen LogP contribution in [0.15, 0.2) is 46.9 Å². The topological polar surface area (TPSA) is 92.8 Å². The summed E-state index contributed by atoms with van der Waals surface area (Å²) in [5.41, 5.74) is 2.49. The number of carbonyl (C=O) groups is 2. The van der Waals surface area contributed by atoms with E-state index in [1.807, 2.05) is 19.1 Å². The summed E-state index contributed by atoms with van der Waals surface area (Å²) in [5, 5.41) is 2.90. The lowest BCUT2D eigenvalue weighted by molar-refractivity contribution is -0.120. The van der Waals surface area contributed by atoms with Gasteiger partial charge in [0.1, 0.15) is 0 Å². The van der Waals surface area contributed by atoms with Crippen LogP contribution in [0.25, 0.3) is 0 Å². The third-order valence-electron chi connectivity index (χ3n) is 5.46. The number of nitrogens with zero attached hydrogens (tertiary/aromatic N) is 1. The highest BCUT2D eigenvalue weighted by atomic mass is 79.9. The molecule has 7 nitrogen and oxygen atoms in total. The number of piperidine rings is 1. The molecule has 2 aromatic carbocycles. The van der Waals surface area contributed by atoms with Crippen molar-refractivity contribution in [3.63, 3.8) is 0 Å². The lowest BCUT2D eigenvalue weighted by Gasteiger charge is -2.30. The third kappa shape index (κ3) is 6.17. The van der Waals surface area contributed by atoms with E-state index in [0.29, 0.717) is 37.2 Å². The van der Waals surface area contributed by atoms with Crippen molar-refractivity contribution in [1.29, 1.82) is 0 Å². The van der Waals surface area contributed by atoms with Crippen molar-refractivity contribution in [2.45, 2.75) is 32.4 Å². The van der Waals surface area contributed by atoms with E-state index in [0.717, 1.165) is 15.6 Å². The number of esters is 1. The van der Waals surface area contributed by atoms with Gasteiger partial charge in [-0.1, -0.05) is 34.1 Å². The monoisotopic (exact) mass is 522 g/mol. The van der Waals surface area contributed by atoms with Gasteiger partial charge in [-0.05, 0) is 62.1 Å². The summed E-state index contributed by atoms with van der Waals surface area (Å²) in [6, 6.07) is 12.3. The number of aryl methyl sites for hydroxylation is 1. The lowest BCUT2D eigenvalue weighted by atomic mass is 9.97. The summed E-state index contributed by atoms with van der Waals surface area (Å²) < 4.78 is 32.9. The van der Waals surface area contributed by atoms with Crippen LogP contribution in [0.5, 0.6) is 0 Å². The number of hydrogen-bond acceptors (Lipinski definition) is 5. The summed E-state index contributed by atoms with van der Waals surface area (Å²) in [4.78, 5) is 24.8. The number of hydrogen-bond donors (Lipinski definition) is 1. The van der Waals surface area contributed by atoms with Crippen LogP contribution in [0.4, 0.5) is 5.69 Å². The molecule has 0 saturated carbocycles. The molecular formula is C23H27BrN2O5S. The largest absolute Gasteiger partial charge is 0.462 e. The summed E-state index contributed by atoms with van der Waals surface area (Å²) in [6.45, 7) is 4.46. The molecule has 172 valence electrons. The van der Waals surface area contributed by atoms with Gasteiger partial charge in [-0.3, -0.25) is 4.79 Å². The number of sulfonamides is 1. The Morgan fingerprint density at radius 3 is 2.53 bits per heavy atom. The summed E-state index contributed by atoms with van der Waals surface area (Å²) in [6.07, 6.45) is 0.889. The zero-order valence-corrected chi connectivity index (χ0v) is 20.5. The van der Waals surface area contributed by atoms with Gasteiger partial charge in [0.2, 0.25) is 15.9 Å². The van der Waals surface area contributed by atoms with Crippen molar-refractivity contribution in [3.05, 3.63) is 63.6 Å². The van der Waals surface area contributed by atoms with Crippen molar-refractivity contribution in [1.82, 2.24) is 4.31 Å². The van der Waals surface area contributed by atoms with Crippen molar-refractivity contribution < 1.29 is 22.7 Å². The minimum Gasteiger partial charge on any atom is -0.462 e. The average Bonchev–Trinajstić information content (AvgIpc) is 2.75. The van der Waals surface area contributed by atoms with Gasteiger partial charge < -0.3 is 10.1 Å². The Bertz CT molecular complexity index is 1100. The zero-order chi connectivity index (χ0) is 23.3. The van der Waals surface area contributed by atoms with Crippen LogP contribution in [-0.4, -0.2) is 44.3 Å².